The van der Waals surface area contributed by atoms with Crippen LogP contribution in [0.2, 0.25) is 0 Å². The van der Waals surface area contributed by atoms with Crippen molar-refractivity contribution < 1.29 is 8.78 Å². The average molecular weight is 276 g/mol. The summed E-state index contributed by atoms with van der Waals surface area (Å²) in [7, 11) is 1.76. The maximum Gasteiger partial charge on any atom is 0.146 e. The van der Waals surface area contributed by atoms with Gasteiger partial charge in [-0.3, -0.25) is 0 Å². The fourth-order valence-corrected chi connectivity index (χ4v) is 1.91. The lowest BCUT2D eigenvalue weighted by Crippen LogP contribution is -2.04. The van der Waals surface area contributed by atoms with Gasteiger partial charge in [0.15, 0.2) is 0 Å². The lowest BCUT2D eigenvalue weighted by Gasteiger charge is -2.10. The third kappa shape index (κ3) is 2.68. The molecule has 1 aliphatic carbocycles. The van der Waals surface area contributed by atoms with Crippen molar-refractivity contribution in [3.8, 4) is 0 Å². The van der Waals surface area contributed by atoms with Gasteiger partial charge in [0.05, 0.1) is 5.69 Å². The molecule has 1 saturated carbocycles. The van der Waals surface area contributed by atoms with Crippen LogP contribution in [0.3, 0.4) is 0 Å². The highest BCUT2D eigenvalue weighted by molar-refractivity contribution is 5.60. The van der Waals surface area contributed by atoms with E-state index in [-0.39, 0.29) is 5.69 Å². The van der Waals surface area contributed by atoms with Crippen LogP contribution < -0.4 is 10.6 Å². The maximum atomic E-state index is 13.6. The molecule has 0 spiro atoms. The van der Waals surface area contributed by atoms with E-state index in [0.717, 1.165) is 36.9 Å². The second-order valence-electron chi connectivity index (χ2n) is 4.77. The van der Waals surface area contributed by atoms with Crippen molar-refractivity contribution in [2.75, 3.05) is 17.7 Å². The first-order chi connectivity index (χ1) is 9.65. The number of aromatic nitrogens is 2. The first-order valence-corrected chi connectivity index (χ1v) is 6.44. The van der Waals surface area contributed by atoms with Gasteiger partial charge in [0.1, 0.15) is 29.1 Å². The first kappa shape index (κ1) is 12.8. The summed E-state index contributed by atoms with van der Waals surface area (Å²) in [4.78, 5) is 8.72. The Labute approximate surface area is 115 Å². The number of benzene rings is 1. The lowest BCUT2D eigenvalue weighted by atomic mass is 10.3. The summed E-state index contributed by atoms with van der Waals surface area (Å²) >= 11 is 0. The Morgan fingerprint density at radius 2 is 1.85 bits per heavy atom. The van der Waals surface area contributed by atoms with Crippen molar-refractivity contribution in [3.63, 3.8) is 0 Å². The molecule has 1 aliphatic rings. The molecule has 2 N–H and O–H groups in total. The van der Waals surface area contributed by atoms with Gasteiger partial charge in [-0.25, -0.2) is 18.7 Å². The fourth-order valence-electron chi connectivity index (χ4n) is 1.91. The number of nitrogens with zero attached hydrogens (tertiary/aromatic N) is 2. The summed E-state index contributed by atoms with van der Waals surface area (Å²) in [5.74, 6) is 1.19. The molecule has 0 atom stereocenters. The van der Waals surface area contributed by atoms with Gasteiger partial charge >= 0.3 is 0 Å². The predicted molar refractivity (Wildman–Crippen MR) is 73.2 cm³/mol. The van der Waals surface area contributed by atoms with Crippen LogP contribution in [0.1, 0.15) is 24.6 Å². The van der Waals surface area contributed by atoms with Crippen LogP contribution in [0.15, 0.2) is 24.3 Å². The second-order valence-corrected chi connectivity index (χ2v) is 4.77. The zero-order valence-electron chi connectivity index (χ0n) is 11.0. The fraction of sp³-hybridized carbons (Fsp3) is 0.286. The van der Waals surface area contributed by atoms with Crippen LogP contribution in [0.25, 0.3) is 0 Å². The Morgan fingerprint density at radius 3 is 2.55 bits per heavy atom. The van der Waals surface area contributed by atoms with Crippen LogP contribution >= 0.6 is 0 Å². The van der Waals surface area contributed by atoms with Gasteiger partial charge < -0.3 is 10.6 Å². The average Bonchev–Trinajstić information content (AvgIpc) is 3.27. The lowest BCUT2D eigenvalue weighted by molar-refractivity contribution is 0.603. The highest BCUT2D eigenvalue weighted by Gasteiger charge is 2.27. The topological polar surface area (TPSA) is 49.8 Å². The van der Waals surface area contributed by atoms with E-state index in [4.69, 9.17) is 0 Å². The van der Waals surface area contributed by atoms with Crippen molar-refractivity contribution in [3.05, 3.63) is 41.7 Å². The molecule has 0 bridgehead atoms. The van der Waals surface area contributed by atoms with Crippen molar-refractivity contribution in [2.24, 2.45) is 0 Å². The van der Waals surface area contributed by atoms with E-state index in [1.165, 1.54) is 0 Å². The minimum atomic E-state index is -0.524. The molecule has 4 nitrogen and oxygen atoms in total. The van der Waals surface area contributed by atoms with Gasteiger partial charge in [0, 0.05) is 25.1 Å². The Morgan fingerprint density at radius 1 is 1.10 bits per heavy atom. The molecule has 2 aromatic rings. The third-order valence-corrected chi connectivity index (χ3v) is 3.13. The number of anilines is 3. The normalized spacial score (nSPS) is 14.2. The monoisotopic (exact) mass is 276 g/mol. The SMILES string of the molecule is CNc1cc(Nc2cc(F)ccc2F)nc(C2CC2)n1. The van der Waals surface area contributed by atoms with Crippen LogP contribution in [0.4, 0.5) is 26.1 Å². The molecule has 0 unspecified atom stereocenters. The summed E-state index contributed by atoms with van der Waals surface area (Å²) in [6.07, 6.45) is 2.14. The number of hydrogen-bond donors (Lipinski definition) is 2. The highest BCUT2D eigenvalue weighted by atomic mass is 19.1. The molecule has 0 radical (unpaired) electrons. The summed E-state index contributed by atoms with van der Waals surface area (Å²) in [6.45, 7) is 0. The van der Waals surface area contributed by atoms with Gasteiger partial charge in [-0.05, 0) is 25.0 Å². The molecule has 6 heteroatoms. The van der Waals surface area contributed by atoms with Crippen LogP contribution in [0.5, 0.6) is 0 Å². The second kappa shape index (κ2) is 5.03. The molecule has 0 saturated heterocycles. The molecule has 0 amide bonds. The largest absolute Gasteiger partial charge is 0.373 e. The summed E-state index contributed by atoms with van der Waals surface area (Å²) in [5, 5.41) is 5.75. The first-order valence-electron chi connectivity index (χ1n) is 6.44. The molecular formula is C14H14F2N4. The van der Waals surface area contributed by atoms with Gasteiger partial charge in [0.2, 0.25) is 0 Å². The molecule has 1 fully saturated rings. The predicted octanol–water partition coefficient (Wildman–Crippen LogP) is 3.42. The molecule has 20 heavy (non-hydrogen) atoms. The van der Waals surface area contributed by atoms with E-state index in [1.807, 2.05) is 0 Å². The molecule has 3 rings (SSSR count). The van der Waals surface area contributed by atoms with E-state index in [1.54, 1.807) is 13.1 Å². The van der Waals surface area contributed by atoms with Crippen LogP contribution in [-0.4, -0.2) is 17.0 Å². The number of nitrogens with one attached hydrogen (secondary N) is 2. The Bertz CT molecular complexity index is 641. The molecule has 1 heterocycles. The smallest absolute Gasteiger partial charge is 0.146 e. The van der Waals surface area contributed by atoms with Crippen molar-refractivity contribution in [1.82, 2.24) is 9.97 Å². The summed E-state index contributed by atoms with van der Waals surface area (Å²) in [6, 6.07) is 4.93. The van der Waals surface area contributed by atoms with E-state index in [2.05, 4.69) is 20.6 Å². The van der Waals surface area contributed by atoms with Crippen LogP contribution in [-0.2, 0) is 0 Å². The Kier molecular flexibility index (Phi) is 3.22. The van der Waals surface area contributed by atoms with E-state index < -0.39 is 11.6 Å². The van der Waals surface area contributed by atoms with E-state index >= 15 is 0 Å². The number of hydrogen-bond acceptors (Lipinski definition) is 4. The van der Waals surface area contributed by atoms with E-state index in [0.29, 0.717) is 17.6 Å². The Balaban J connectivity index is 1.93. The maximum absolute atomic E-state index is 13.6. The van der Waals surface area contributed by atoms with Crippen LogP contribution in [0, 0.1) is 11.6 Å². The number of halogens is 2. The minimum absolute atomic E-state index is 0.0625. The zero-order valence-corrected chi connectivity index (χ0v) is 11.0. The Hall–Kier alpha value is -2.24. The highest BCUT2D eigenvalue weighted by Crippen LogP contribution is 2.39. The molecule has 0 aliphatic heterocycles. The van der Waals surface area contributed by atoms with Gasteiger partial charge in [0.25, 0.3) is 0 Å². The third-order valence-electron chi connectivity index (χ3n) is 3.13. The molecule has 1 aromatic heterocycles. The zero-order chi connectivity index (χ0) is 14.1. The molecule has 1 aromatic carbocycles. The molecular weight excluding hydrogens is 262 g/mol. The summed E-state index contributed by atoms with van der Waals surface area (Å²) < 4.78 is 26.8. The van der Waals surface area contributed by atoms with Gasteiger partial charge in [-0.1, -0.05) is 0 Å². The number of rotatable bonds is 4. The molecule has 104 valence electrons. The van der Waals surface area contributed by atoms with Crippen molar-refractivity contribution >= 4 is 17.3 Å². The quantitative estimate of drug-likeness (QED) is 0.898. The van der Waals surface area contributed by atoms with E-state index in [9.17, 15) is 8.78 Å². The van der Waals surface area contributed by atoms with Crippen molar-refractivity contribution in [2.45, 2.75) is 18.8 Å². The summed E-state index contributed by atoms with van der Waals surface area (Å²) in [5.41, 5.74) is 0.0625. The van der Waals surface area contributed by atoms with Gasteiger partial charge in [-0.15, -0.1) is 0 Å². The minimum Gasteiger partial charge on any atom is -0.373 e. The van der Waals surface area contributed by atoms with Gasteiger partial charge in [-0.2, -0.15) is 0 Å². The standard InChI is InChI=1S/C14H14F2N4/c1-17-12-7-13(20-14(19-12)8-2-3-8)18-11-6-9(15)4-5-10(11)16/h4-8H,2-3H2,1H3,(H2,17,18,19,20). The van der Waals surface area contributed by atoms with Crippen molar-refractivity contribution in [1.29, 1.82) is 0 Å².